The van der Waals surface area contributed by atoms with Gasteiger partial charge in [0.15, 0.2) is 12.1 Å². The molecule has 2 aromatic carbocycles. The van der Waals surface area contributed by atoms with Gasteiger partial charge in [-0.25, -0.2) is 4.90 Å². The molecule has 33 heavy (non-hydrogen) atoms. The van der Waals surface area contributed by atoms with Gasteiger partial charge in [0.1, 0.15) is 18.0 Å². The van der Waals surface area contributed by atoms with Crippen LogP contribution in [0.15, 0.2) is 40.7 Å². The standard InChI is InChI=1S/C22H22ClN5O5/c1-11-5-6-13(7-12(11)2)28-21(30)19-20(22(28)31)27(26-25-19)10-18(29)24-15-8-14(23)16(32-3)9-17(15)33-4/h5-9,19-20H,10H2,1-4H3,(H,24,29)/t19-,20+/m0/s1. The van der Waals surface area contributed by atoms with Crippen LogP contribution in [-0.2, 0) is 14.4 Å². The van der Waals surface area contributed by atoms with Gasteiger partial charge < -0.3 is 14.8 Å². The Bertz CT molecular complexity index is 1180. The Labute approximate surface area is 195 Å². The van der Waals surface area contributed by atoms with Gasteiger partial charge in [0.25, 0.3) is 11.8 Å². The van der Waals surface area contributed by atoms with Crippen LogP contribution in [0.4, 0.5) is 11.4 Å². The predicted octanol–water partition coefficient (Wildman–Crippen LogP) is 2.91. The number of rotatable bonds is 6. The Kier molecular flexibility index (Phi) is 5.94. The first-order chi connectivity index (χ1) is 15.7. The van der Waals surface area contributed by atoms with Crippen molar-refractivity contribution in [1.29, 1.82) is 0 Å². The lowest BCUT2D eigenvalue weighted by atomic mass is 10.1. The van der Waals surface area contributed by atoms with E-state index in [0.717, 1.165) is 16.0 Å². The summed E-state index contributed by atoms with van der Waals surface area (Å²) in [7, 11) is 2.91. The zero-order valence-corrected chi connectivity index (χ0v) is 19.2. The molecule has 1 fully saturated rings. The van der Waals surface area contributed by atoms with E-state index in [1.165, 1.54) is 25.3 Å². The van der Waals surface area contributed by atoms with Crippen LogP contribution in [-0.4, -0.2) is 55.6 Å². The second kappa shape index (κ2) is 8.70. The number of hydrogen-bond acceptors (Lipinski definition) is 8. The molecule has 4 rings (SSSR count). The van der Waals surface area contributed by atoms with Gasteiger partial charge in [-0.2, -0.15) is 5.11 Å². The highest BCUT2D eigenvalue weighted by Gasteiger charge is 2.55. The number of imide groups is 1. The van der Waals surface area contributed by atoms with Crippen LogP contribution in [0, 0.1) is 13.8 Å². The summed E-state index contributed by atoms with van der Waals surface area (Å²) in [4.78, 5) is 39.8. The molecule has 1 saturated heterocycles. The highest BCUT2D eigenvalue weighted by Crippen LogP contribution is 2.36. The highest BCUT2D eigenvalue weighted by molar-refractivity contribution is 6.32. The Morgan fingerprint density at radius 3 is 2.45 bits per heavy atom. The van der Waals surface area contributed by atoms with Gasteiger partial charge in [-0.1, -0.05) is 22.9 Å². The minimum Gasteiger partial charge on any atom is -0.495 e. The summed E-state index contributed by atoms with van der Waals surface area (Å²) in [6.45, 7) is 3.55. The fraction of sp³-hybridized carbons (Fsp3) is 0.318. The molecular weight excluding hydrogens is 450 g/mol. The van der Waals surface area contributed by atoms with E-state index >= 15 is 0 Å². The number of nitrogens with zero attached hydrogens (tertiary/aromatic N) is 4. The molecule has 0 aromatic heterocycles. The Balaban J connectivity index is 1.51. The third kappa shape index (κ3) is 3.97. The number of hydrogen-bond donors (Lipinski definition) is 1. The largest absolute Gasteiger partial charge is 0.495 e. The molecule has 0 unspecified atom stereocenters. The maximum atomic E-state index is 13.1. The van der Waals surface area contributed by atoms with E-state index < -0.39 is 29.8 Å². The number of fused-ring (bicyclic) bond motifs is 1. The van der Waals surface area contributed by atoms with Crippen molar-refractivity contribution < 1.29 is 23.9 Å². The van der Waals surface area contributed by atoms with Crippen molar-refractivity contribution >= 4 is 40.7 Å². The molecule has 0 aliphatic carbocycles. The third-order valence-corrected chi connectivity index (χ3v) is 5.96. The van der Waals surface area contributed by atoms with Gasteiger partial charge in [-0.15, -0.1) is 0 Å². The van der Waals surface area contributed by atoms with Crippen LogP contribution in [0.1, 0.15) is 11.1 Å². The van der Waals surface area contributed by atoms with Crippen LogP contribution in [0.25, 0.3) is 0 Å². The Hall–Kier alpha value is -3.66. The monoisotopic (exact) mass is 471 g/mol. The van der Waals surface area contributed by atoms with Gasteiger partial charge in [-0.05, 0) is 43.2 Å². The minimum atomic E-state index is -0.989. The van der Waals surface area contributed by atoms with Crippen molar-refractivity contribution in [3.8, 4) is 11.5 Å². The number of amides is 3. The fourth-order valence-electron chi connectivity index (χ4n) is 3.77. The zero-order valence-electron chi connectivity index (χ0n) is 18.5. The van der Waals surface area contributed by atoms with Crippen molar-refractivity contribution in [3.05, 3.63) is 46.5 Å². The molecule has 1 N–H and O–H groups in total. The lowest BCUT2D eigenvalue weighted by Gasteiger charge is -2.21. The number of benzene rings is 2. The lowest BCUT2D eigenvalue weighted by Crippen LogP contribution is -2.43. The van der Waals surface area contributed by atoms with Crippen molar-refractivity contribution in [1.82, 2.24) is 5.01 Å². The summed E-state index contributed by atoms with van der Waals surface area (Å²) in [6, 6.07) is 6.41. The highest BCUT2D eigenvalue weighted by atomic mass is 35.5. The number of carbonyl (C=O) groups excluding carboxylic acids is 3. The van der Waals surface area contributed by atoms with Gasteiger partial charge in [-0.3, -0.25) is 19.4 Å². The van der Waals surface area contributed by atoms with E-state index in [1.54, 1.807) is 18.2 Å². The van der Waals surface area contributed by atoms with Crippen LogP contribution in [0.3, 0.4) is 0 Å². The number of halogens is 1. The molecule has 0 saturated carbocycles. The van der Waals surface area contributed by atoms with E-state index in [9.17, 15) is 14.4 Å². The number of aryl methyl sites for hydroxylation is 2. The maximum Gasteiger partial charge on any atom is 0.263 e. The summed E-state index contributed by atoms with van der Waals surface area (Å²) < 4.78 is 10.4. The smallest absolute Gasteiger partial charge is 0.263 e. The minimum absolute atomic E-state index is 0.287. The van der Waals surface area contributed by atoms with Gasteiger partial charge >= 0.3 is 0 Å². The quantitative estimate of drug-likeness (QED) is 0.648. The van der Waals surface area contributed by atoms with Crippen LogP contribution in [0.5, 0.6) is 11.5 Å². The molecular formula is C22H22ClN5O5. The van der Waals surface area contributed by atoms with Gasteiger partial charge in [0, 0.05) is 6.07 Å². The molecule has 3 amide bonds. The van der Waals surface area contributed by atoms with Gasteiger partial charge in [0.05, 0.1) is 30.6 Å². The van der Waals surface area contributed by atoms with Crippen LogP contribution >= 0.6 is 11.6 Å². The SMILES string of the molecule is COc1cc(OC)c(NC(=O)CN2N=N[C@@H]3C(=O)N(c4ccc(C)c(C)c4)C(=O)[C@@H]32)cc1Cl. The first-order valence-electron chi connectivity index (χ1n) is 10.1. The van der Waals surface area contributed by atoms with E-state index in [1.807, 2.05) is 19.9 Å². The third-order valence-electron chi connectivity index (χ3n) is 5.66. The number of methoxy groups -OCH3 is 2. The normalized spacial score (nSPS) is 19.2. The molecule has 0 bridgehead atoms. The lowest BCUT2D eigenvalue weighted by molar-refractivity contribution is -0.123. The van der Waals surface area contributed by atoms with Crippen molar-refractivity contribution in [2.45, 2.75) is 25.9 Å². The van der Waals surface area contributed by atoms with Crippen molar-refractivity contribution in [2.75, 3.05) is 31.0 Å². The number of nitrogens with one attached hydrogen (secondary N) is 1. The van der Waals surface area contributed by atoms with Crippen LogP contribution in [0.2, 0.25) is 5.02 Å². The molecule has 2 atom stereocenters. The molecule has 2 aliphatic heterocycles. The van der Waals surface area contributed by atoms with E-state index in [4.69, 9.17) is 21.1 Å². The summed E-state index contributed by atoms with van der Waals surface area (Å²) >= 11 is 6.15. The van der Waals surface area contributed by atoms with E-state index in [-0.39, 0.29) is 11.6 Å². The van der Waals surface area contributed by atoms with Crippen molar-refractivity contribution in [3.63, 3.8) is 0 Å². The fourth-order valence-corrected chi connectivity index (χ4v) is 4.01. The van der Waals surface area contributed by atoms with Crippen LogP contribution < -0.4 is 19.7 Å². The average Bonchev–Trinajstić information content (AvgIpc) is 3.30. The molecule has 2 aromatic rings. The van der Waals surface area contributed by atoms with E-state index in [0.29, 0.717) is 22.9 Å². The first kappa shape index (κ1) is 22.5. The number of ether oxygens (including phenoxy) is 2. The second-order valence-corrected chi connectivity index (χ2v) is 8.12. The Morgan fingerprint density at radius 2 is 1.79 bits per heavy atom. The zero-order chi connectivity index (χ0) is 23.9. The Morgan fingerprint density at radius 1 is 1.06 bits per heavy atom. The molecule has 0 radical (unpaired) electrons. The summed E-state index contributed by atoms with van der Waals surface area (Å²) in [5, 5.41) is 12.0. The molecule has 172 valence electrons. The molecule has 11 heteroatoms. The predicted molar refractivity (Wildman–Crippen MR) is 121 cm³/mol. The topological polar surface area (TPSA) is 113 Å². The summed E-state index contributed by atoms with van der Waals surface area (Å²) in [6.07, 6.45) is 0. The number of carbonyl (C=O) groups is 3. The molecule has 0 spiro atoms. The number of anilines is 2. The van der Waals surface area contributed by atoms with Crippen molar-refractivity contribution in [2.24, 2.45) is 10.3 Å². The molecule has 10 nitrogen and oxygen atoms in total. The summed E-state index contributed by atoms with van der Waals surface area (Å²) in [5.41, 5.74) is 2.80. The maximum absolute atomic E-state index is 13.1. The molecule has 2 heterocycles. The second-order valence-electron chi connectivity index (χ2n) is 7.71. The molecule has 2 aliphatic rings. The van der Waals surface area contributed by atoms with E-state index in [2.05, 4.69) is 15.7 Å². The van der Waals surface area contributed by atoms with Gasteiger partial charge in [0.2, 0.25) is 5.91 Å². The average molecular weight is 472 g/mol. The summed E-state index contributed by atoms with van der Waals surface area (Å²) in [5.74, 6) is -0.693. The first-order valence-corrected chi connectivity index (χ1v) is 10.5.